The number of anilines is 1. The minimum Gasteiger partial charge on any atom is -0.465 e. The molecule has 2 rings (SSSR count). The highest BCUT2D eigenvalue weighted by Crippen LogP contribution is 2.31. The summed E-state index contributed by atoms with van der Waals surface area (Å²) >= 11 is 3.29. The van der Waals surface area contributed by atoms with E-state index in [-0.39, 0.29) is 6.42 Å². The van der Waals surface area contributed by atoms with Gasteiger partial charge in [0.2, 0.25) is 0 Å². The van der Waals surface area contributed by atoms with E-state index in [1.165, 1.54) is 0 Å². The van der Waals surface area contributed by atoms with Gasteiger partial charge in [-0.15, -0.1) is 5.06 Å². The Hall–Kier alpha value is -2.29. The highest BCUT2D eigenvalue weighted by atomic mass is 79.9. The largest absolute Gasteiger partial charge is 0.534 e. The number of hydrogen-bond acceptors (Lipinski definition) is 5. The maximum Gasteiger partial charge on any atom is 0.534 e. The van der Waals surface area contributed by atoms with Crippen LogP contribution in [0.5, 0.6) is 0 Å². The lowest BCUT2D eigenvalue weighted by molar-refractivity contribution is -0.128. The number of hydroxylamine groups is 1. The number of rotatable bonds is 2. The van der Waals surface area contributed by atoms with Gasteiger partial charge in [0.15, 0.2) is 0 Å². The van der Waals surface area contributed by atoms with E-state index >= 15 is 0 Å². The molecule has 1 aliphatic heterocycles. The van der Waals surface area contributed by atoms with Crippen molar-refractivity contribution in [1.29, 1.82) is 0 Å². The number of halogens is 1. The fourth-order valence-electron chi connectivity index (χ4n) is 2.17. The third-order valence-electron chi connectivity index (χ3n) is 3.04. The topological polar surface area (TPSA) is 105 Å². The van der Waals surface area contributed by atoms with Crippen LogP contribution in [0, 0.1) is 0 Å². The van der Waals surface area contributed by atoms with Crippen LogP contribution in [0.2, 0.25) is 0 Å². The lowest BCUT2D eigenvalue weighted by atomic mass is 9.99. The summed E-state index contributed by atoms with van der Waals surface area (Å²) in [6.07, 6.45) is -2.24. The Labute approximate surface area is 146 Å². The zero-order valence-corrected chi connectivity index (χ0v) is 14.9. The molecule has 8 nitrogen and oxygen atoms in total. The minimum atomic E-state index is -1.34. The van der Waals surface area contributed by atoms with Crippen molar-refractivity contribution < 1.29 is 29.1 Å². The highest BCUT2D eigenvalue weighted by molar-refractivity contribution is 9.10. The molecule has 0 unspecified atom stereocenters. The fraction of sp³-hybridized carbons (Fsp3) is 0.400. The Bertz CT molecular complexity index is 685. The van der Waals surface area contributed by atoms with Gasteiger partial charge < -0.3 is 15.2 Å². The Morgan fingerprint density at radius 3 is 2.62 bits per heavy atom. The number of nitrogens with one attached hydrogen (secondary N) is 1. The summed E-state index contributed by atoms with van der Waals surface area (Å²) in [4.78, 5) is 40.3. The summed E-state index contributed by atoms with van der Waals surface area (Å²) in [5.41, 5.74) is 0.207. The van der Waals surface area contributed by atoms with Gasteiger partial charge in [-0.3, -0.25) is 9.63 Å². The van der Waals surface area contributed by atoms with Crippen molar-refractivity contribution in [3.8, 4) is 0 Å². The molecule has 0 bridgehead atoms. The molecule has 0 saturated carbocycles. The summed E-state index contributed by atoms with van der Waals surface area (Å²) in [7, 11) is 0. The van der Waals surface area contributed by atoms with Gasteiger partial charge in [0.1, 0.15) is 11.6 Å². The van der Waals surface area contributed by atoms with Gasteiger partial charge in [-0.25, -0.2) is 9.59 Å². The van der Waals surface area contributed by atoms with Crippen LogP contribution in [0.25, 0.3) is 0 Å². The number of amides is 2. The maximum atomic E-state index is 12.5. The predicted octanol–water partition coefficient (Wildman–Crippen LogP) is 2.84. The van der Waals surface area contributed by atoms with Gasteiger partial charge in [0, 0.05) is 10.9 Å². The SMILES string of the molecule is CC(C)(C)OC(=O)ON1C(=O)[C@@H](NC(=O)O)Cc2ccc(Br)cc21. The van der Waals surface area contributed by atoms with Crippen LogP contribution >= 0.6 is 15.9 Å². The zero-order valence-electron chi connectivity index (χ0n) is 13.3. The van der Waals surface area contributed by atoms with Crippen molar-refractivity contribution in [1.82, 2.24) is 5.32 Å². The number of ether oxygens (including phenoxy) is 1. The number of benzene rings is 1. The van der Waals surface area contributed by atoms with Crippen LogP contribution in [-0.4, -0.2) is 34.9 Å². The molecule has 1 aromatic carbocycles. The van der Waals surface area contributed by atoms with Gasteiger partial charge in [-0.1, -0.05) is 22.0 Å². The number of carbonyl (C=O) groups is 3. The third-order valence-corrected chi connectivity index (χ3v) is 3.53. The van der Waals surface area contributed by atoms with E-state index < -0.39 is 29.8 Å². The van der Waals surface area contributed by atoms with Crippen LogP contribution in [0.15, 0.2) is 22.7 Å². The number of carboxylic acid groups (broad SMARTS) is 1. The second kappa shape index (κ2) is 6.68. The van der Waals surface area contributed by atoms with E-state index in [0.29, 0.717) is 15.7 Å². The molecule has 1 aliphatic rings. The van der Waals surface area contributed by atoms with Gasteiger partial charge in [-0.2, -0.15) is 0 Å². The molecule has 130 valence electrons. The summed E-state index contributed by atoms with van der Waals surface area (Å²) in [6, 6.07) is 4.01. The van der Waals surface area contributed by atoms with Crippen LogP contribution in [-0.2, 0) is 20.8 Å². The highest BCUT2D eigenvalue weighted by Gasteiger charge is 2.37. The Kier molecular flexibility index (Phi) is 5.02. The smallest absolute Gasteiger partial charge is 0.465 e. The Balaban J connectivity index is 2.32. The number of hydrogen-bond donors (Lipinski definition) is 2. The molecule has 0 saturated heterocycles. The molecule has 0 fully saturated rings. The average molecular weight is 401 g/mol. The number of fused-ring (bicyclic) bond motifs is 1. The summed E-state index contributed by atoms with van der Waals surface area (Å²) in [5, 5.41) is 11.8. The van der Waals surface area contributed by atoms with Crippen molar-refractivity contribution in [3.63, 3.8) is 0 Å². The molecule has 0 aromatic heterocycles. The van der Waals surface area contributed by atoms with E-state index in [0.717, 1.165) is 5.06 Å². The molecule has 2 amide bonds. The summed E-state index contributed by atoms with van der Waals surface area (Å²) < 4.78 is 5.72. The van der Waals surface area contributed by atoms with E-state index in [1.54, 1.807) is 39.0 Å². The molecule has 2 N–H and O–H groups in total. The molecule has 0 aliphatic carbocycles. The molecule has 1 atom stereocenters. The molecule has 1 heterocycles. The first-order valence-electron chi connectivity index (χ1n) is 7.09. The summed E-state index contributed by atoms with van der Waals surface area (Å²) in [6.45, 7) is 4.98. The van der Waals surface area contributed by atoms with Crippen LogP contribution < -0.4 is 10.4 Å². The predicted molar refractivity (Wildman–Crippen MR) is 87.6 cm³/mol. The van der Waals surface area contributed by atoms with Crippen molar-refractivity contribution in [3.05, 3.63) is 28.2 Å². The lowest BCUT2D eigenvalue weighted by Gasteiger charge is -2.32. The first-order valence-corrected chi connectivity index (χ1v) is 7.89. The third kappa shape index (κ3) is 4.38. The molecule has 9 heteroatoms. The molecule has 1 aromatic rings. The van der Waals surface area contributed by atoms with Crippen LogP contribution in [0.3, 0.4) is 0 Å². The van der Waals surface area contributed by atoms with Crippen molar-refractivity contribution in [2.75, 3.05) is 5.06 Å². The fourth-order valence-corrected chi connectivity index (χ4v) is 2.51. The first-order chi connectivity index (χ1) is 11.1. The second-order valence-corrected chi connectivity index (χ2v) is 7.08. The monoisotopic (exact) mass is 400 g/mol. The zero-order chi connectivity index (χ0) is 18.1. The maximum absolute atomic E-state index is 12.5. The van der Waals surface area contributed by atoms with Crippen LogP contribution in [0.4, 0.5) is 15.3 Å². The standard InChI is InChI=1S/C15H17BrN2O6/c1-15(2,3)23-14(22)24-18-11-7-9(16)5-4-8(11)6-10(12(18)19)17-13(20)21/h4-5,7,10,17H,6H2,1-3H3,(H,20,21)/t10-/m0/s1. The quantitative estimate of drug-likeness (QED) is 0.739. The molecular formula is C15H17BrN2O6. The first kappa shape index (κ1) is 18.1. The van der Waals surface area contributed by atoms with Gasteiger partial charge >= 0.3 is 12.2 Å². The second-order valence-electron chi connectivity index (χ2n) is 6.17. The Morgan fingerprint density at radius 2 is 2.04 bits per heavy atom. The molecule has 0 radical (unpaired) electrons. The number of nitrogens with zero attached hydrogens (tertiary/aromatic N) is 1. The Morgan fingerprint density at radius 1 is 1.38 bits per heavy atom. The summed E-state index contributed by atoms with van der Waals surface area (Å²) in [5.74, 6) is -0.700. The molecular weight excluding hydrogens is 384 g/mol. The van der Waals surface area contributed by atoms with E-state index in [9.17, 15) is 14.4 Å². The van der Waals surface area contributed by atoms with Crippen molar-refractivity contribution in [2.24, 2.45) is 0 Å². The van der Waals surface area contributed by atoms with Crippen LogP contribution in [0.1, 0.15) is 26.3 Å². The van der Waals surface area contributed by atoms with E-state index in [4.69, 9.17) is 14.7 Å². The molecule has 0 spiro atoms. The van der Waals surface area contributed by atoms with Crippen molar-refractivity contribution in [2.45, 2.75) is 38.8 Å². The van der Waals surface area contributed by atoms with Gasteiger partial charge in [0.25, 0.3) is 5.91 Å². The van der Waals surface area contributed by atoms with Gasteiger partial charge in [0.05, 0.1) is 5.69 Å². The normalized spacial score (nSPS) is 17.1. The lowest BCUT2D eigenvalue weighted by Crippen LogP contribution is -2.53. The molecule has 24 heavy (non-hydrogen) atoms. The van der Waals surface area contributed by atoms with Gasteiger partial charge in [-0.05, 0) is 38.5 Å². The number of carbonyl (C=O) groups excluding carboxylic acids is 2. The minimum absolute atomic E-state index is 0.155. The average Bonchev–Trinajstić information content (AvgIpc) is 2.41. The van der Waals surface area contributed by atoms with Crippen molar-refractivity contribution >= 4 is 39.8 Å². The van der Waals surface area contributed by atoms with E-state index in [2.05, 4.69) is 21.2 Å². The van der Waals surface area contributed by atoms with E-state index in [1.807, 2.05) is 0 Å².